The van der Waals surface area contributed by atoms with Crippen molar-refractivity contribution in [2.45, 2.75) is 32.5 Å². The Labute approximate surface area is 108 Å². The van der Waals surface area contributed by atoms with E-state index in [0.717, 1.165) is 0 Å². The third kappa shape index (κ3) is 8.03. The third-order valence-corrected chi connectivity index (χ3v) is 2.03. The number of likely N-dealkylation sites (N-methyl/N-ethyl adjacent to an activating group) is 1. The average Bonchev–Trinajstić information content (AvgIpc) is 1.92. The molecule has 0 rings (SSSR count). The number of nitrogens with zero attached hydrogens (tertiary/aromatic N) is 1. The zero-order chi connectivity index (χ0) is 14.6. The second-order valence-electron chi connectivity index (χ2n) is 6.04. The maximum absolute atomic E-state index is 11.6. The van der Waals surface area contributed by atoms with Gasteiger partial charge < -0.3 is 19.4 Å². The number of hydrogen-bond acceptors (Lipinski definition) is 4. The standard InChI is InChI=1S/C12H23NO5/c1-9(2)6-11(16)18-12(17,7-10(14)15)8-13(3,4)5/h9,17H,6-8H2,1-5H3/p+1/t12-/m1/s1. The molecule has 0 aliphatic heterocycles. The second-order valence-corrected chi connectivity index (χ2v) is 6.04. The molecule has 0 heterocycles. The van der Waals surface area contributed by atoms with E-state index in [1.165, 1.54) is 0 Å². The number of aliphatic carboxylic acids is 1. The molecule has 0 bridgehead atoms. The molecule has 0 aromatic carbocycles. The van der Waals surface area contributed by atoms with Gasteiger partial charge in [0.1, 0.15) is 13.0 Å². The number of hydrogen-bond donors (Lipinski definition) is 2. The Morgan fingerprint density at radius 2 is 1.78 bits per heavy atom. The van der Waals surface area contributed by atoms with Crippen LogP contribution in [0.15, 0.2) is 0 Å². The summed E-state index contributed by atoms with van der Waals surface area (Å²) in [5, 5.41) is 18.9. The van der Waals surface area contributed by atoms with Crippen molar-refractivity contribution in [2.75, 3.05) is 27.7 Å². The third-order valence-electron chi connectivity index (χ3n) is 2.03. The Morgan fingerprint density at radius 3 is 2.11 bits per heavy atom. The lowest BCUT2D eigenvalue weighted by Crippen LogP contribution is -2.52. The molecule has 0 aliphatic carbocycles. The number of ether oxygens (including phenoxy) is 1. The van der Waals surface area contributed by atoms with Crippen LogP contribution in [0.3, 0.4) is 0 Å². The first kappa shape index (κ1) is 16.9. The molecule has 106 valence electrons. The number of esters is 1. The van der Waals surface area contributed by atoms with Gasteiger partial charge in [0, 0.05) is 6.42 Å². The van der Waals surface area contributed by atoms with E-state index in [9.17, 15) is 14.7 Å². The van der Waals surface area contributed by atoms with Crippen molar-refractivity contribution in [1.29, 1.82) is 0 Å². The summed E-state index contributed by atoms with van der Waals surface area (Å²) >= 11 is 0. The minimum Gasteiger partial charge on any atom is -0.481 e. The van der Waals surface area contributed by atoms with Crippen molar-refractivity contribution in [3.05, 3.63) is 0 Å². The molecule has 6 nitrogen and oxygen atoms in total. The van der Waals surface area contributed by atoms with E-state index in [0.29, 0.717) is 4.48 Å². The Balaban J connectivity index is 4.76. The number of aliphatic hydroxyl groups is 1. The molecule has 0 aliphatic rings. The highest BCUT2D eigenvalue weighted by Crippen LogP contribution is 2.18. The summed E-state index contributed by atoms with van der Waals surface area (Å²) in [6, 6.07) is 0. The molecule has 0 saturated heterocycles. The number of rotatable bonds is 7. The molecule has 0 aromatic heterocycles. The van der Waals surface area contributed by atoms with Crippen molar-refractivity contribution in [1.82, 2.24) is 0 Å². The lowest BCUT2D eigenvalue weighted by atomic mass is 10.1. The Morgan fingerprint density at radius 1 is 1.28 bits per heavy atom. The van der Waals surface area contributed by atoms with E-state index < -0.39 is 24.1 Å². The first-order valence-electron chi connectivity index (χ1n) is 5.90. The summed E-state index contributed by atoms with van der Waals surface area (Å²) in [7, 11) is 5.34. The van der Waals surface area contributed by atoms with Crippen LogP contribution in [0.5, 0.6) is 0 Å². The summed E-state index contributed by atoms with van der Waals surface area (Å²) in [4.78, 5) is 22.3. The smallest absolute Gasteiger partial charge is 0.310 e. The zero-order valence-corrected chi connectivity index (χ0v) is 11.8. The molecule has 18 heavy (non-hydrogen) atoms. The van der Waals surface area contributed by atoms with Crippen molar-refractivity contribution in [3.63, 3.8) is 0 Å². The van der Waals surface area contributed by atoms with Gasteiger partial charge >= 0.3 is 11.9 Å². The van der Waals surface area contributed by atoms with E-state index in [4.69, 9.17) is 9.84 Å². The van der Waals surface area contributed by atoms with Crippen LogP contribution in [0.25, 0.3) is 0 Å². The first-order valence-corrected chi connectivity index (χ1v) is 5.90. The molecule has 0 unspecified atom stereocenters. The van der Waals surface area contributed by atoms with Crippen LogP contribution in [0, 0.1) is 5.92 Å². The number of quaternary nitrogens is 1. The predicted molar refractivity (Wildman–Crippen MR) is 65.6 cm³/mol. The summed E-state index contributed by atoms with van der Waals surface area (Å²) in [5.74, 6) is -3.66. The SMILES string of the molecule is CC(C)CC(=O)O[C@](O)(CC(=O)O)C[N+](C)(C)C. The van der Waals surface area contributed by atoms with Crippen molar-refractivity contribution < 1.29 is 29.0 Å². The van der Waals surface area contributed by atoms with Gasteiger partial charge in [-0.3, -0.25) is 9.59 Å². The molecule has 0 saturated carbocycles. The van der Waals surface area contributed by atoms with Crippen molar-refractivity contribution >= 4 is 11.9 Å². The molecule has 0 radical (unpaired) electrons. The van der Waals surface area contributed by atoms with Crippen molar-refractivity contribution in [3.8, 4) is 0 Å². The average molecular weight is 262 g/mol. The fourth-order valence-corrected chi connectivity index (χ4v) is 1.69. The Bertz CT molecular complexity index is 308. The van der Waals surface area contributed by atoms with Gasteiger partial charge in [-0.25, -0.2) is 0 Å². The quantitative estimate of drug-likeness (QED) is 0.395. The van der Waals surface area contributed by atoms with Crippen LogP contribution in [0.1, 0.15) is 26.7 Å². The molecule has 1 atom stereocenters. The van der Waals surface area contributed by atoms with E-state index in [2.05, 4.69) is 0 Å². The van der Waals surface area contributed by atoms with Crippen LogP contribution in [0.2, 0.25) is 0 Å². The maximum atomic E-state index is 11.6. The van der Waals surface area contributed by atoms with Gasteiger partial charge in [0.05, 0.1) is 21.1 Å². The predicted octanol–water partition coefficient (Wildman–Crippen LogP) is 0.445. The van der Waals surface area contributed by atoms with Gasteiger partial charge in [-0.2, -0.15) is 0 Å². The van der Waals surface area contributed by atoms with Crippen LogP contribution >= 0.6 is 0 Å². The van der Waals surface area contributed by atoms with Gasteiger partial charge in [-0.1, -0.05) is 13.8 Å². The minimum atomic E-state index is -1.96. The van der Waals surface area contributed by atoms with E-state index in [-0.39, 0.29) is 18.9 Å². The summed E-state index contributed by atoms with van der Waals surface area (Å²) in [6.45, 7) is 3.71. The van der Waals surface area contributed by atoms with Gasteiger partial charge in [-0.15, -0.1) is 0 Å². The van der Waals surface area contributed by atoms with Gasteiger partial charge in [-0.05, 0) is 5.92 Å². The molecule has 0 aromatic rings. The van der Waals surface area contributed by atoms with Crippen LogP contribution < -0.4 is 0 Å². The molecular formula is C12H24NO5+. The van der Waals surface area contributed by atoms with E-state index in [1.54, 1.807) is 21.1 Å². The number of carbonyl (C=O) groups is 2. The van der Waals surface area contributed by atoms with Gasteiger partial charge in [0.25, 0.3) is 5.79 Å². The van der Waals surface area contributed by atoms with Gasteiger partial charge in [0.15, 0.2) is 0 Å². The topological polar surface area (TPSA) is 83.8 Å². The van der Waals surface area contributed by atoms with E-state index >= 15 is 0 Å². The van der Waals surface area contributed by atoms with E-state index in [1.807, 2.05) is 13.8 Å². The minimum absolute atomic E-state index is 0.0170. The number of carboxylic acids is 1. The lowest BCUT2D eigenvalue weighted by Gasteiger charge is -2.34. The molecular weight excluding hydrogens is 238 g/mol. The number of carbonyl (C=O) groups excluding carboxylic acids is 1. The normalized spacial score (nSPS) is 15.3. The lowest BCUT2D eigenvalue weighted by molar-refractivity contribution is -0.880. The summed E-state index contributed by atoms with van der Waals surface area (Å²) in [5.41, 5.74) is 0. The summed E-state index contributed by atoms with van der Waals surface area (Å²) in [6.07, 6.45) is -0.467. The first-order chi connectivity index (χ1) is 7.93. The number of carboxylic acid groups (broad SMARTS) is 1. The highest BCUT2D eigenvalue weighted by molar-refractivity contribution is 5.72. The second kappa shape index (κ2) is 6.15. The monoisotopic (exact) mass is 262 g/mol. The largest absolute Gasteiger partial charge is 0.481 e. The highest BCUT2D eigenvalue weighted by atomic mass is 16.7. The molecule has 0 spiro atoms. The maximum Gasteiger partial charge on any atom is 0.310 e. The molecule has 2 N–H and O–H groups in total. The Kier molecular flexibility index (Phi) is 5.76. The Hall–Kier alpha value is -1.14. The molecule has 0 fully saturated rings. The van der Waals surface area contributed by atoms with Crippen LogP contribution in [-0.2, 0) is 14.3 Å². The fraction of sp³-hybridized carbons (Fsp3) is 0.833. The zero-order valence-electron chi connectivity index (χ0n) is 11.8. The van der Waals surface area contributed by atoms with Crippen LogP contribution in [-0.4, -0.2) is 60.1 Å². The van der Waals surface area contributed by atoms with Crippen LogP contribution in [0.4, 0.5) is 0 Å². The van der Waals surface area contributed by atoms with Crippen molar-refractivity contribution in [2.24, 2.45) is 5.92 Å². The molecule has 6 heteroatoms. The highest BCUT2D eigenvalue weighted by Gasteiger charge is 2.40. The fourth-order valence-electron chi connectivity index (χ4n) is 1.69. The van der Waals surface area contributed by atoms with Gasteiger partial charge in [0.2, 0.25) is 0 Å². The molecule has 0 amide bonds. The summed E-state index contributed by atoms with van der Waals surface area (Å²) < 4.78 is 5.25.